The van der Waals surface area contributed by atoms with Crippen LogP contribution in [0.3, 0.4) is 0 Å². The number of carbonyl (C=O) groups excluding carboxylic acids is 1. The topological polar surface area (TPSA) is 131 Å². The van der Waals surface area contributed by atoms with Crippen molar-refractivity contribution in [2.24, 2.45) is 4.99 Å². The van der Waals surface area contributed by atoms with E-state index in [0.29, 0.717) is 61.1 Å². The van der Waals surface area contributed by atoms with Crippen LogP contribution in [0.25, 0.3) is 6.08 Å². The molecule has 4 aromatic rings. The van der Waals surface area contributed by atoms with Crippen molar-refractivity contribution in [3.63, 3.8) is 0 Å². The smallest absolute Gasteiger partial charge is 0.338 e. The van der Waals surface area contributed by atoms with Crippen molar-refractivity contribution < 1.29 is 28.7 Å². The molecule has 5 rings (SSSR count). The standard InChI is InChI=1S/C33H31N3O8S/c1-5-42-27-17-21(11-16-26(27)44-19-23-9-7-8-10-25(23)36(39)40)18-28-31(37)35-30(22-12-14-24(41-4)15-13-22)29(32(38)43-6-2)20(3)34-33(35)45-28/h7-18,30H,5-6,19H2,1-4H3/t30-/m0/s1. The van der Waals surface area contributed by atoms with Gasteiger partial charge in [0.05, 0.1) is 52.7 Å². The van der Waals surface area contributed by atoms with E-state index < -0.39 is 16.9 Å². The number of aromatic nitrogens is 1. The van der Waals surface area contributed by atoms with Crippen molar-refractivity contribution in [1.82, 2.24) is 4.57 Å². The third-order valence-electron chi connectivity index (χ3n) is 7.09. The molecule has 1 atom stereocenters. The molecule has 0 N–H and O–H groups in total. The van der Waals surface area contributed by atoms with Crippen LogP contribution in [-0.2, 0) is 16.1 Å². The first-order valence-corrected chi connectivity index (χ1v) is 15.0. The Morgan fingerprint density at radius 2 is 1.80 bits per heavy atom. The molecule has 1 aliphatic rings. The van der Waals surface area contributed by atoms with Gasteiger partial charge in [0.2, 0.25) is 0 Å². The maximum Gasteiger partial charge on any atom is 0.338 e. The maximum atomic E-state index is 14.0. The third-order valence-corrected chi connectivity index (χ3v) is 8.07. The third kappa shape index (κ3) is 6.50. The molecule has 1 aliphatic heterocycles. The Kier molecular flexibility index (Phi) is 9.43. The average Bonchev–Trinajstić information content (AvgIpc) is 3.34. The SMILES string of the molecule is CCOC(=O)C1=C(C)N=c2sc(=Cc3ccc(OCc4ccccc4[N+](=O)[O-])c(OCC)c3)c(=O)n2[C@H]1c1ccc(OC)cc1. The van der Waals surface area contributed by atoms with Gasteiger partial charge in [-0.3, -0.25) is 19.5 Å². The highest BCUT2D eigenvalue weighted by Gasteiger charge is 2.33. The van der Waals surface area contributed by atoms with E-state index in [9.17, 15) is 19.7 Å². The molecule has 0 unspecified atom stereocenters. The Hall–Kier alpha value is -5.23. The molecule has 0 aliphatic carbocycles. The molecule has 11 nitrogen and oxygen atoms in total. The molecule has 0 amide bonds. The maximum absolute atomic E-state index is 14.0. The first-order chi connectivity index (χ1) is 21.7. The van der Waals surface area contributed by atoms with Gasteiger partial charge >= 0.3 is 5.97 Å². The summed E-state index contributed by atoms with van der Waals surface area (Å²) in [5, 5.41) is 11.4. The van der Waals surface area contributed by atoms with Gasteiger partial charge in [0.1, 0.15) is 12.4 Å². The second-order valence-electron chi connectivity index (χ2n) is 9.89. The minimum Gasteiger partial charge on any atom is -0.497 e. The monoisotopic (exact) mass is 629 g/mol. The predicted molar refractivity (Wildman–Crippen MR) is 168 cm³/mol. The second-order valence-corrected chi connectivity index (χ2v) is 10.9. The van der Waals surface area contributed by atoms with Crippen molar-refractivity contribution >= 4 is 29.1 Å². The van der Waals surface area contributed by atoms with Crippen LogP contribution in [0.5, 0.6) is 17.2 Å². The van der Waals surface area contributed by atoms with Crippen LogP contribution in [0, 0.1) is 10.1 Å². The number of thiazole rings is 1. The zero-order chi connectivity index (χ0) is 32.1. The summed E-state index contributed by atoms with van der Waals surface area (Å²) in [6, 6.07) is 18.0. The molecule has 0 bridgehead atoms. The van der Waals surface area contributed by atoms with Crippen LogP contribution in [0.1, 0.15) is 43.5 Å². The van der Waals surface area contributed by atoms with Crippen molar-refractivity contribution in [1.29, 1.82) is 0 Å². The highest BCUT2D eigenvalue weighted by atomic mass is 32.1. The summed E-state index contributed by atoms with van der Waals surface area (Å²) in [5.74, 6) is 0.938. The molecule has 12 heteroatoms. The van der Waals surface area contributed by atoms with Gasteiger partial charge in [-0.2, -0.15) is 0 Å². The first kappa shape index (κ1) is 31.2. The van der Waals surface area contributed by atoms with Crippen LogP contribution in [0.2, 0.25) is 0 Å². The molecule has 0 saturated heterocycles. The van der Waals surface area contributed by atoms with E-state index in [0.717, 1.165) is 0 Å². The Morgan fingerprint density at radius 3 is 2.49 bits per heavy atom. The summed E-state index contributed by atoms with van der Waals surface area (Å²) < 4.78 is 24.3. The molecule has 45 heavy (non-hydrogen) atoms. The molecule has 3 aromatic carbocycles. The number of carbonyl (C=O) groups is 1. The number of hydrogen-bond acceptors (Lipinski definition) is 10. The fraction of sp³-hybridized carbons (Fsp3) is 0.242. The van der Waals surface area contributed by atoms with E-state index in [-0.39, 0.29) is 24.5 Å². The molecule has 0 saturated carbocycles. The average molecular weight is 630 g/mol. The highest BCUT2D eigenvalue weighted by molar-refractivity contribution is 7.07. The number of esters is 1. The zero-order valence-corrected chi connectivity index (χ0v) is 26.0. The quantitative estimate of drug-likeness (QED) is 0.133. The van der Waals surface area contributed by atoms with Crippen LogP contribution < -0.4 is 29.1 Å². The number of nitrogens with zero attached hydrogens (tertiary/aromatic N) is 3. The predicted octanol–water partition coefficient (Wildman–Crippen LogP) is 4.69. The number of nitro benzene ring substituents is 1. The van der Waals surface area contributed by atoms with Crippen molar-refractivity contribution in [2.75, 3.05) is 20.3 Å². The van der Waals surface area contributed by atoms with Crippen LogP contribution in [0.15, 0.2) is 87.8 Å². The number of benzene rings is 3. The lowest BCUT2D eigenvalue weighted by atomic mass is 9.96. The Bertz CT molecular complexity index is 1960. The van der Waals surface area contributed by atoms with E-state index >= 15 is 0 Å². The van der Waals surface area contributed by atoms with Crippen LogP contribution in [0.4, 0.5) is 5.69 Å². The van der Waals surface area contributed by atoms with Crippen LogP contribution in [-0.4, -0.2) is 35.8 Å². The lowest BCUT2D eigenvalue weighted by molar-refractivity contribution is -0.385. The molecule has 1 aromatic heterocycles. The molecule has 0 fully saturated rings. The van der Waals surface area contributed by atoms with Crippen molar-refractivity contribution in [3.05, 3.63) is 124 Å². The first-order valence-electron chi connectivity index (χ1n) is 14.2. The van der Waals surface area contributed by atoms with Gasteiger partial charge in [-0.1, -0.05) is 41.7 Å². The zero-order valence-electron chi connectivity index (χ0n) is 25.1. The number of ether oxygens (including phenoxy) is 4. The van der Waals surface area contributed by atoms with Crippen molar-refractivity contribution in [2.45, 2.75) is 33.4 Å². The van der Waals surface area contributed by atoms with E-state index in [1.807, 2.05) is 19.1 Å². The number of allylic oxidation sites excluding steroid dienone is 1. The number of rotatable bonds is 11. The van der Waals surface area contributed by atoms with Crippen molar-refractivity contribution in [3.8, 4) is 17.2 Å². The Balaban J connectivity index is 1.54. The van der Waals surface area contributed by atoms with E-state index in [1.165, 1.54) is 22.0 Å². The van der Waals surface area contributed by atoms with E-state index in [4.69, 9.17) is 18.9 Å². The van der Waals surface area contributed by atoms with Gasteiger partial charge in [-0.15, -0.1) is 0 Å². The van der Waals surface area contributed by atoms with Gasteiger partial charge < -0.3 is 18.9 Å². The highest BCUT2D eigenvalue weighted by Crippen LogP contribution is 2.33. The van der Waals surface area contributed by atoms with E-state index in [1.54, 1.807) is 75.6 Å². The number of para-hydroxylation sites is 1. The Morgan fingerprint density at radius 1 is 1.04 bits per heavy atom. The van der Waals surface area contributed by atoms with Gasteiger partial charge in [0.15, 0.2) is 16.3 Å². The molecule has 2 heterocycles. The Labute approximate surface area is 262 Å². The second kappa shape index (κ2) is 13.6. The largest absolute Gasteiger partial charge is 0.497 e. The van der Waals surface area contributed by atoms with Crippen LogP contribution >= 0.6 is 11.3 Å². The van der Waals surface area contributed by atoms with Gasteiger partial charge in [-0.05, 0) is 68.3 Å². The summed E-state index contributed by atoms with van der Waals surface area (Å²) >= 11 is 1.21. The summed E-state index contributed by atoms with van der Waals surface area (Å²) in [7, 11) is 1.57. The summed E-state index contributed by atoms with van der Waals surface area (Å²) in [6.45, 7) is 5.80. The number of hydrogen-bond donors (Lipinski definition) is 0. The minimum atomic E-state index is -0.745. The molecule has 232 valence electrons. The molecule has 0 spiro atoms. The number of nitro groups is 1. The van der Waals surface area contributed by atoms with E-state index in [2.05, 4.69) is 4.99 Å². The normalized spacial score (nSPS) is 14.4. The molecule has 0 radical (unpaired) electrons. The summed E-state index contributed by atoms with van der Waals surface area (Å²) in [5.41, 5.74) is 2.23. The number of fused-ring (bicyclic) bond motifs is 1. The van der Waals surface area contributed by atoms with Gasteiger partial charge in [0, 0.05) is 6.07 Å². The minimum absolute atomic E-state index is 0.0251. The van der Waals surface area contributed by atoms with Gasteiger partial charge in [0.25, 0.3) is 11.2 Å². The lowest BCUT2D eigenvalue weighted by Crippen LogP contribution is -2.39. The molecular formula is C33H31N3O8S. The molecular weight excluding hydrogens is 598 g/mol. The fourth-order valence-corrected chi connectivity index (χ4v) is 6.06. The fourth-order valence-electron chi connectivity index (χ4n) is 5.01. The van der Waals surface area contributed by atoms with Gasteiger partial charge in [-0.25, -0.2) is 9.79 Å². The summed E-state index contributed by atoms with van der Waals surface area (Å²) in [4.78, 5) is 43.1. The summed E-state index contributed by atoms with van der Waals surface area (Å²) in [6.07, 6.45) is 1.73. The lowest BCUT2D eigenvalue weighted by Gasteiger charge is -2.24. The number of methoxy groups -OCH3 is 1.